The molecule has 0 unspecified atom stereocenters. The second kappa shape index (κ2) is 9.59. The molecule has 0 fully saturated rings. The first-order chi connectivity index (χ1) is 15.3. The van der Waals surface area contributed by atoms with Crippen molar-refractivity contribution < 1.29 is 27.3 Å². The number of carboxylic acid groups (broad SMARTS) is 1. The Hall–Kier alpha value is -4.42. The van der Waals surface area contributed by atoms with E-state index in [1.54, 1.807) is 30.3 Å². The van der Waals surface area contributed by atoms with Crippen molar-refractivity contribution in [1.82, 2.24) is 0 Å². The molecule has 0 atom stereocenters. The number of nitrogens with one attached hydrogen (secondary N) is 1. The molecule has 0 heterocycles. The molecule has 8 nitrogen and oxygen atoms in total. The fourth-order valence-electron chi connectivity index (χ4n) is 2.63. The average Bonchev–Trinajstić information content (AvgIpc) is 2.78. The second-order valence-corrected chi connectivity index (χ2v) is 7.98. The van der Waals surface area contributed by atoms with Gasteiger partial charge in [0.25, 0.3) is 5.91 Å². The van der Waals surface area contributed by atoms with Crippen LogP contribution in [-0.4, -0.2) is 25.4 Å². The van der Waals surface area contributed by atoms with Crippen LogP contribution in [0.3, 0.4) is 0 Å². The Morgan fingerprint density at radius 2 is 1.66 bits per heavy atom. The van der Waals surface area contributed by atoms with E-state index in [1.807, 2.05) is 0 Å². The molecule has 0 bridgehead atoms. The molecular formula is C23H16N2O6S. The molecule has 0 aromatic heterocycles. The number of anilines is 1. The van der Waals surface area contributed by atoms with E-state index in [2.05, 4.69) is 5.32 Å². The van der Waals surface area contributed by atoms with E-state index in [0.717, 1.165) is 0 Å². The largest absolute Gasteiger partial charge is 0.478 e. The van der Waals surface area contributed by atoms with Crippen molar-refractivity contribution >= 4 is 33.8 Å². The van der Waals surface area contributed by atoms with Crippen LogP contribution in [0.15, 0.2) is 89.3 Å². The summed E-state index contributed by atoms with van der Waals surface area (Å²) in [5, 5.41) is 20.8. The summed E-state index contributed by atoms with van der Waals surface area (Å²) in [5.41, 5.74) is 0.502. The van der Waals surface area contributed by atoms with Gasteiger partial charge in [0, 0.05) is 5.69 Å². The number of carbonyl (C=O) groups is 2. The van der Waals surface area contributed by atoms with Gasteiger partial charge in [-0.3, -0.25) is 4.79 Å². The van der Waals surface area contributed by atoms with Crippen molar-refractivity contribution in [2.45, 2.75) is 4.90 Å². The van der Waals surface area contributed by atoms with E-state index in [9.17, 15) is 23.3 Å². The molecule has 0 saturated carbocycles. The molecule has 0 saturated heterocycles. The molecule has 2 N–H and O–H groups in total. The molecule has 0 aliphatic heterocycles. The average molecular weight is 448 g/mol. The number of benzene rings is 3. The number of carboxylic acids is 1. The molecule has 0 aliphatic carbocycles. The molecule has 0 aliphatic rings. The normalized spacial score (nSPS) is 11.3. The topological polar surface area (TPSA) is 134 Å². The standard InChI is InChI=1S/C23H16N2O6S/c24-15-18(22(26)25-19-11-9-17(10-12-19)23(27)28)13-16-5-4-6-20(14-16)31-32(29,30)21-7-2-1-3-8-21/h1-14H,(H,25,26)(H,27,28)/b18-13+. The molecule has 1 amide bonds. The molecule has 0 radical (unpaired) electrons. The summed E-state index contributed by atoms with van der Waals surface area (Å²) < 4.78 is 29.9. The highest BCUT2D eigenvalue weighted by atomic mass is 32.2. The van der Waals surface area contributed by atoms with Crippen LogP contribution < -0.4 is 9.50 Å². The number of amides is 1. The first kappa shape index (κ1) is 22.3. The number of hydrogen-bond donors (Lipinski definition) is 2. The minimum absolute atomic E-state index is 0.00745. The van der Waals surface area contributed by atoms with Gasteiger partial charge in [-0.05, 0) is 60.2 Å². The van der Waals surface area contributed by atoms with Gasteiger partial charge in [0.1, 0.15) is 22.3 Å². The Labute approximate surface area is 184 Å². The van der Waals surface area contributed by atoms with Crippen LogP contribution in [0.1, 0.15) is 15.9 Å². The highest BCUT2D eigenvalue weighted by Gasteiger charge is 2.16. The second-order valence-electron chi connectivity index (χ2n) is 6.43. The van der Waals surface area contributed by atoms with Crippen molar-refractivity contribution in [3.05, 3.63) is 95.6 Å². The van der Waals surface area contributed by atoms with Gasteiger partial charge < -0.3 is 14.6 Å². The maximum Gasteiger partial charge on any atom is 0.339 e. The lowest BCUT2D eigenvalue weighted by molar-refractivity contribution is -0.112. The number of nitriles is 1. The number of aromatic carboxylic acids is 1. The van der Waals surface area contributed by atoms with Gasteiger partial charge in [0.05, 0.1) is 5.56 Å². The maximum absolute atomic E-state index is 12.4. The van der Waals surface area contributed by atoms with Gasteiger partial charge in [0.2, 0.25) is 0 Å². The minimum atomic E-state index is -4.04. The lowest BCUT2D eigenvalue weighted by atomic mass is 10.1. The fraction of sp³-hybridized carbons (Fsp3) is 0. The lowest BCUT2D eigenvalue weighted by Crippen LogP contribution is -2.13. The first-order valence-corrected chi connectivity index (χ1v) is 10.6. The van der Waals surface area contributed by atoms with Crippen molar-refractivity contribution in [3.63, 3.8) is 0 Å². The number of rotatable bonds is 7. The fourth-order valence-corrected chi connectivity index (χ4v) is 3.57. The number of hydrogen-bond acceptors (Lipinski definition) is 6. The zero-order valence-corrected chi connectivity index (χ0v) is 17.2. The Bertz CT molecular complexity index is 1320. The summed E-state index contributed by atoms with van der Waals surface area (Å²) in [6.45, 7) is 0. The van der Waals surface area contributed by atoms with E-state index in [1.165, 1.54) is 60.7 Å². The molecule has 3 aromatic rings. The highest BCUT2D eigenvalue weighted by molar-refractivity contribution is 7.87. The van der Waals surface area contributed by atoms with Crippen LogP contribution in [0.25, 0.3) is 6.08 Å². The minimum Gasteiger partial charge on any atom is -0.478 e. The number of nitrogens with zero attached hydrogens (tertiary/aromatic N) is 1. The molecule has 0 spiro atoms. The van der Waals surface area contributed by atoms with Gasteiger partial charge in [-0.2, -0.15) is 13.7 Å². The Kier molecular flexibility index (Phi) is 6.68. The summed E-state index contributed by atoms with van der Waals surface area (Å²) >= 11 is 0. The predicted octanol–water partition coefficient (Wildman–Crippen LogP) is 3.70. The van der Waals surface area contributed by atoms with Crippen molar-refractivity contribution in [2.75, 3.05) is 5.32 Å². The molecule has 3 aromatic carbocycles. The predicted molar refractivity (Wildman–Crippen MR) is 116 cm³/mol. The van der Waals surface area contributed by atoms with Crippen molar-refractivity contribution in [3.8, 4) is 11.8 Å². The van der Waals surface area contributed by atoms with Crippen LogP contribution >= 0.6 is 0 Å². The van der Waals surface area contributed by atoms with E-state index in [-0.39, 0.29) is 21.8 Å². The highest BCUT2D eigenvalue weighted by Crippen LogP contribution is 2.21. The van der Waals surface area contributed by atoms with Gasteiger partial charge in [-0.1, -0.05) is 30.3 Å². The third-order valence-corrected chi connectivity index (χ3v) is 5.42. The van der Waals surface area contributed by atoms with Crippen LogP contribution in [0, 0.1) is 11.3 Å². The zero-order chi connectivity index (χ0) is 23.1. The molecule has 32 heavy (non-hydrogen) atoms. The SMILES string of the molecule is N#C/C(=C\c1cccc(OS(=O)(=O)c2ccccc2)c1)C(=O)Nc1ccc(C(=O)O)cc1. The monoisotopic (exact) mass is 448 g/mol. The molecular weight excluding hydrogens is 432 g/mol. The van der Waals surface area contributed by atoms with Gasteiger partial charge in [0.15, 0.2) is 0 Å². The third-order valence-electron chi connectivity index (χ3n) is 4.16. The smallest absolute Gasteiger partial charge is 0.339 e. The lowest BCUT2D eigenvalue weighted by Gasteiger charge is -2.08. The quantitative estimate of drug-likeness (QED) is 0.320. The van der Waals surface area contributed by atoms with Crippen LogP contribution in [-0.2, 0) is 14.9 Å². The summed E-state index contributed by atoms with van der Waals surface area (Å²) in [6, 6.07) is 20.8. The van der Waals surface area contributed by atoms with E-state index < -0.39 is 22.0 Å². The molecule has 9 heteroatoms. The molecule has 160 valence electrons. The van der Waals surface area contributed by atoms with E-state index >= 15 is 0 Å². The van der Waals surface area contributed by atoms with E-state index in [4.69, 9.17) is 9.29 Å². The van der Waals surface area contributed by atoms with Gasteiger partial charge in [-0.25, -0.2) is 4.79 Å². The van der Waals surface area contributed by atoms with Gasteiger partial charge >= 0.3 is 16.1 Å². The third kappa shape index (κ3) is 5.59. The van der Waals surface area contributed by atoms with Crippen LogP contribution in [0.2, 0.25) is 0 Å². The summed E-state index contributed by atoms with van der Waals surface area (Å²) in [5.74, 6) is -1.79. The van der Waals surface area contributed by atoms with Crippen molar-refractivity contribution in [2.24, 2.45) is 0 Å². The Balaban J connectivity index is 1.78. The summed E-state index contributed by atoms with van der Waals surface area (Å²) in [6.07, 6.45) is 1.28. The number of carbonyl (C=O) groups excluding carboxylic acids is 1. The van der Waals surface area contributed by atoms with Crippen LogP contribution in [0.4, 0.5) is 5.69 Å². The van der Waals surface area contributed by atoms with Crippen LogP contribution in [0.5, 0.6) is 5.75 Å². The summed E-state index contributed by atoms with van der Waals surface area (Å²) in [4.78, 5) is 23.3. The zero-order valence-electron chi connectivity index (χ0n) is 16.4. The van der Waals surface area contributed by atoms with Gasteiger partial charge in [-0.15, -0.1) is 0 Å². The maximum atomic E-state index is 12.4. The summed E-state index contributed by atoms with van der Waals surface area (Å²) in [7, 11) is -4.04. The van der Waals surface area contributed by atoms with E-state index in [0.29, 0.717) is 11.3 Å². The Morgan fingerprint density at radius 1 is 0.969 bits per heavy atom. The first-order valence-electron chi connectivity index (χ1n) is 9.14. The van der Waals surface area contributed by atoms with Crippen molar-refractivity contribution in [1.29, 1.82) is 5.26 Å². The molecule has 3 rings (SSSR count). The Morgan fingerprint density at radius 3 is 2.28 bits per heavy atom.